The van der Waals surface area contributed by atoms with Gasteiger partial charge in [-0.15, -0.1) is 0 Å². The van der Waals surface area contributed by atoms with Crippen molar-refractivity contribution < 1.29 is 21.6 Å². The second-order valence-corrected chi connectivity index (χ2v) is 8.46. The number of hydrogen-bond acceptors (Lipinski definition) is 5. The van der Waals surface area contributed by atoms with Crippen molar-refractivity contribution >= 4 is 26.7 Å². The SMILES string of the molecule is CS(=O)(=O)c1ccc2cc3n(c2c1)CCN(c1nccc(C(F)(F)F)n1)C3. The molecule has 0 amide bonds. The Bertz CT molecular complexity index is 1140. The molecule has 2 aromatic heterocycles. The lowest BCUT2D eigenvalue weighted by atomic mass is 10.2. The number of hydrogen-bond donors (Lipinski definition) is 0. The minimum Gasteiger partial charge on any atom is -0.341 e. The first-order chi connectivity index (χ1) is 12.6. The number of nitrogens with zero attached hydrogens (tertiary/aromatic N) is 4. The van der Waals surface area contributed by atoms with Crippen LogP contribution in [0.25, 0.3) is 10.9 Å². The Hall–Kier alpha value is -2.62. The van der Waals surface area contributed by atoms with E-state index in [1.807, 2.05) is 10.6 Å². The molecular formula is C17H15F3N4O2S. The molecule has 0 radical (unpaired) electrons. The summed E-state index contributed by atoms with van der Waals surface area (Å²) in [5.74, 6) is 0.0261. The maximum absolute atomic E-state index is 12.9. The third-order valence-corrected chi connectivity index (χ3v) is 5.66. The van der Waals surface area contributed by atoms with Crippen LogP contribution in [-0.4, -0.2) is 35.8 Å². The molecule has 4 rings (SSSR count). The molecule has 1 aromatic carbocycles. The molecule has 1 aliphatic rings. The van der Waals surface area contributed by atoms with Crippen molar-refractivity contribution in [2.75, 3.05) is 17.7 Å². The quantitative estimate of drug-likeness (QED) is 0.666. The molecule has 0 saturated heterocycles. The largest absolute Gasteiger partial charge is 0.433 e. The van der Waals surface area contributed by atoms with Crippen molar-refractivity contribution in [3.63, 3.8) is 0 Å². The Kier molecular flexibility index (Phi) is 3.91. The van der Waals surface area contributed by atoms with Gasteiger partial charge < -0.3 is 9.47 Å². The van der Waals surface area contributed by atoms with Gasteiger partial charge in [0.25, 0.3) is 0 Å². The second kappa shape index (κ2) is 5.95. The lowest BCUT2D eigenvalue weighted by molar-refractivity contribution is -0.141. The van der Waals surface area contributed by atoms with Crippen molar-refractivity contribution in [2.45, 2.75) is 24.2 Å². The summed E-state index contributed by atoms with van der Waals surface area (Å²) < 4.78 is 64.2. The number of anilines is 1. The van der Waals surface area contributed by atoms with E-state index in [9.17, 15) is 21.6 Å². The molecule has 0 saturated carbocycles. The van der Waals surface area contributed by atoms with Crippen LogP contribution in [0.1, 0.15) is 11.4 Å². The maximum atomic E-state index is 12.9. The number of halogens is 3. The molecule has 0 bridgehead atoms. The van der Waals surface area contributed by atoms with Crippen LogP contribution in [-0.2, 0) is 29.1 Å². The third-order valence-electron chi connectivity index (χ3n) is 4.55. The normalized spacial score (nSPS) is 15.2. The molecule has 142 valence electrons. The first kappa shape index (κ1) is 17.8. The van der Waals surface area contributed by atoms with Crippen LogP contribution >= 0.6 is 0 Å². The first-order valence-electron chi connectivity index (χ1n) is 8.10. The first-order valence-corrected chi connectivity index (χ1v) is 9.99. The predicted octanol–water partition coefficient (Wildman–Crippen LogP) is 2.87. The van der Waals surface area contributed by atoms with Gasteiger partial charge in [-0.1, -0.05) is 6.07 Å². The Balaban J connectivity index is 1.70. The van der Waals surface area contributed by atoms with E-state index < -0.39 is 21.7 Å². The molecule has 1 aliphatic heterocycles. The maximum Gasteiger partial charge on any atom is 0.433 e. The van der Waals surface area contributed by atoms with Crippen molar-refractivity contribution in [3.05, 3.63) is 47.9 Å². The van der Waals surface area contributed by atoms with Crippen molar-refractivity contribution in [1.29, 1.82) is 0 Å². The second-order valence-electron chi connectivity index (χ2n) is 6.44. The van der Waals surface area contributed by atoms with Gasteiger partial charge in [0.2, 0.25) is 5.95 Å². The summed E-state index contributed by atoms with van der Waals surface area (Å²) in [6.45, 7) is 1.25. The van der Waals surface area contributed by atoms with E-state index in [1.165, 1.54) is 0 Å². The molecule has 0 spiro atoms. The zero-order valence-electron chi connectivity index (χ0n) is 14.2. The number of sulfone groups is 1. The molecule has 0 fully saturated rings. The third kappa shape index (κ3) is 3.25. The smallest absolute Gasteiger partial charge is 0.341 e. The van der Waals surface area contributed by atoms with Crippen LogP contribution in [0.3, 0.4) is 0 Å². The minimum atomic E-state index is -4.52. The molecular weight excluding hydrogens is 381 g/mol. The zero-order chi connectivity index (χ0) is 19.4. The highest BCUT2D eigenvalue weighted by atomic mass is 32.2. The van der Waals surface area contributed by atoms with Gasteiger partial charge in [-0.25, -0.2) is 18.4 Å². The summed E-state index contributed by atoms with van der Waals surface area (Å²) >= 11 is 0. The highest BCUT2D eigenvalue weighted by Gasteiger charge is 2.33. The van der Waals surface area contributed by atoms with Gasteiger partial charge in [0, 0.05) is 42.1 Å². The topological polar surface area (TPSA) is 68.1 Å². The number of fused-ring (bicyclic) bond motifs is 3. The summed E-state index contributed by atoms with van der Waals surface area (Å²) in [5, 5.41) is 0.879. The van der Waals surface area contributed by atoms with E-state index in [4.69, 9.17) is 0 Å². The van der Waals surface area contributed by atoms with Crippen molar-refractivity contribution in [2.24, 2.45) is 0 Å². The molecule has 6 nitrogen and oxygen atoms in total. The number of aromatic nitrogens is 3. The molecule has 0 unspecified atom stereocenters. The minimum absolute atomic E-state index is 0.0261. The summed E-state index contributed by atoms with van der Waals surface area (Å²) in [4.78, 5) is 9.54. The fourth-order valence-corrected chi connectivity index (χ4v) is 3.88. The van der Waals surface area contributed by atoms with Crippen molar-refractivity contribution in [3.8, 4) is 0 Å². The van der Waals surface area contributed by atoms with E-state index in [0.717, 1.165) is 35.1 Å². The fourth-order valence-electron chi connectivity index (χ4n) is 3.24. The van der Waals surface area contributed by atoms with Gasteiger partial charge in [-0.3, -0.25) is 0 Å². The highest BCUT2D eigenvalue weighted by Crippen LogP contribution is 2.30. The van der Waals surface area contributed by atoms with Gasteiger partial charge >= 0.3 is 6.18 Å². The van der Waals surface area contributed by atoms with Crippen LogP contribution < -0.4 is 4.90 Å². The van der Waals surface area contributed by atoms with Gasteiger partial charge in [0.05, 0.1) is 11.4 Å². The molecule has 0 atom stereocenters. The average molecular weight is 396 g/mol. The van der Waals surface area contributed by atoms with E-state index in [2.05, 4.69) is 9.97 Å². The number of rotatable bonds is 2. The van der Waals surface area contributed by atoms with Crippen LogP contribution in [0.15, 0.2) is 41.4 Å². The average Bonchev–Trinajstić information content (AvgIpc) is 2.97. The summed E-state index contributed by atoms with van der Waals surface area (Å²) in [6.07, 6.45) is -2.26. The molecule has 27 heavy (non-hydrogen) atoms. The van der Waals surface area contributed by atoms with Crippen LogP contribution in [0.2, 0.25) is 0 Å². The van der Waals surface area contributed by atoms with Crippen molar-refractivity contribution in [1.82, 2.24) is 14.5 Å². The number of alkyl halides is 3. The van der Waals surface area contributed by atoms with Gasteiger partial charge in [0.1, 0.15) is 5.69 Å². The van der Waals surface area contributed by atoms with Crippen LogP contribution in [0.4, 0.5) is 19.1 Å². The summed E-state index contributed by atoms with van der Waals surface area (Å²) in [7, 11) is -3.32. The molecule has 3 heterocycles. The van der Waals surface area contributed by atoms with E-state index >= 15 is 0 Å². The van der Waals surface area contributed by atoms with Gasteiger partial charge in [-0.05, 0) is 24.3 Å². The Morgan fingerprint density at radius 3 is 2.59 bits per heavy atom. The molecule has 10 heteroatoms. The fraction of sp³-hybridized carbons (Fsp3) is 0.294. The van der Waals surface area contributed by atoms with E-state index in [-0.39, 0.29) is 10.8 Å². The monoisotopic (exact) mass is 396 g/mol. The molecule has 0 aliphatic carbocycles. The van der Waals surface area contributed by atoms with Gasteiger partial charge in [-0.2, -0.15) is 13.2 Å². The zero-order valence-corrected chi connectivity index (χ0v) is 15.0. The Morgan fingerprint density at radius 2 is 1.89 bits per heavy atom. The Morgan fingerprint density at radius 1 is 1.11 bits per heavy atom. The lowest BCUT2D eigenvalue weighted by Crippen LogP contribution is -2.34. The molecule has 3 aromatic rings. The predicted molar refractivity (Wildman–Crippen MR) is 93.1 cm³/mol. The summed E-state index contributed by atoms with van der Waals surface area (Å²) in [6, 6.07) is 7.67. The standard InChI is InChI=1S/C17H15F3N4O2S/c1-27(25,26)13-3-2-11-8-12-10-23(6-7-24(12)14(11)9-13)16-21-5-4-15(22-16)17(18,19)20/h2-5,8-9H,6-7,10H2,1H3. The highest BCUT2D eigenvalue weighted by molar-refractivity contribution is 7.90. The van der Waals surface area contributed by atoms with Gasteiger partial charge in [0.15, 0.2) is 9.84 Å². The summed E-state index contributed by atoms with van der Waals surface area (Å²) in [5.41, 5.74) is 0.678. The lowest BCUT2D eigenvalue weighted by Gasteiger charge is -2.29. The molecule has 0 N–H and O–H groups in total. The van der Waals surface area contributed by atoms with Crippen LogP contribution in [0.5, 0.6) is 0 Å². The van der Waals surface area contributed by atoms with E-state index in [1.54, 1.807) is 23.1 Å². The van der Waals surface area contributed by atoms with E-state index in [0.29, 0.717) is 19.6 Å². The van der Waals surface area contributed by atoms with Crippen LogP contribution in [0, 0.1) is 0 Å². The Labute approximate surface area is 153 Å². The number of benzene rings is 1.